The Morgan fingerprint density at radius 1 is 0.875 bits per heavy atom. The van der Waals surface area contributed by atoms with Crippen molar-refractivity contribution in [2.45, 2.75) is 82.1 Å². The molecule has 0 aliphatic heterocycles. The number of primary amides is 1. The van der Waals surface area contributed by atoms with E-state index in [2.05, 4.69) is 41.4 Å². The molecule has 19 heteroatoms. The van der Waals surface area contributed by atoms with Gasteiger partial charge in [0.05, 0.1) is 5.56 Å². The molecule has 1 aliphatic carbocycles. The summed E-state index contributed by atoms with van der Waals surface area (Å²) in [6, 6.07) is 9.74. The monoisotopic (exact) mass is 781 g/mol. The number of alkyl halides is 3. The first-order valence-corrected chi connectivity index (χ1v) is 18.1. The maximum atomic E-state index is 13.9. The standard InChI is InChI=1S/C37H46F3N11O5/c38-37(39,40)25-16-13-22(14-17-25)15-18-29(52)48-36-49-31(50-51-36)34(56)47-28(21-24-10-5-2-6-11-24)33(55)45-26(12-7-19-44-35(42)43)32(54)46-27(30(41)53)20-23-8-3-1-4-9-23/h1,3-4,8-9,13-18,24,26-28H,2,5-7,10-12,19-21H2,(H2,41,53)(H,45,55)(H,46,54)(H,47,56)(H4,42,43,44)(H2,48,49,50,51,52)/b18-15+/t26-,27-,28-/m0/s1. The number of H-pyrrole nitrogens is 1. The number of guanidine groups is 1. The SMILES string of the molecule is NC(=O)[C@H](Cc1ccccc1)NC(=O)[C@H](CCCN=C(N)N)NC(=O)[C@H](CC1CCCCC1)NC(=O)c1nc(NC(=O)/C=C/c2ccc(C(F)(F)F)cc2)n[nH]1. The van der Waals surface area contributed by atoms with Gasteiger partial charge in [0.15, 0.2) is 5.96 Å². The van der Waals surface area contributed by atoms with Gasteiger partial charge in [-0.3, -0.25) is 39.4 Å². The molecule has 1 fully saturated rings. The molecule has 0 unspecified atom stereocenters. The van der Waals surface area contributed by atoms with Crippen molar-refractivity contribution in [2.24, 2.45) is 28.1 Å². The van der Waals surface area contributed by atoms with Crippen LogP contribution in [0, 0.1) is 5.92 Å². The van der Waals surface area contributed by atoms with Crippen molar-refractivity contribution in [3.8, 4) is 0 Å². The Bertz CT molecular complexity index is 1860. The van der Waals surface area contributed by atoms with Crippen molar-refractivity contribution in [2.75, 3.05) is 11.9 Å². The van der Waals surface area contributed by atoms with Gasteiger partial charge in [-0.25, -0.2) is 0 Å². The number of amides is 5. The van der Waals surface area contributed by atoms with E-state index < -0.39 is 59.4 Å². The van der Waals surface area contributed by atoms with Crippen LogP contribution in [-0.4, -0.2) is 75.3 Å². The van der Waals surface area contributed by atoms with Gasteiger partial charge in [-0.1, -0.05) is 74.6 Å². The summed E-state index contributed by atoms with van der Waals surface area (Å²) in [5, 5.41) is 16.7. The van der Waals surface area contributed by atoms with E-state index in [1.54, 1.807) is 24.3 Å². The van der Waals surface area contributed by atoms with Crippen molar-refractivity contribution in [3.05, 3.63) is 83.2 Å². The first-order valence-electron chi connectivity index (χ1n) is 18.1. The summed E-state index contributed by atoms with van der Waals surface area (Å²) in [6.07, 6.45) is 3.20. The predicted octanol–water partition coefficient (Wildman–Crippen LogP) is 2.30. The summed E-state index contributed by atoms with van der Waals surface area (Å²) in [5.41, 5.74) is 16.8. The molecule has 2 aromatic carbocycles. The van der Waals surface area contributed by atoms with Crippen LogP contribution in [0.25, 0.3) is 6.08 Å². The molecule has 1 saturated carbocycles. The van der Waals surface area contributed by atoms with E-state index in [-0.39, 0.29) is 55.9 Å². The van der Waals surface area contributed by atoms with E-state index in [1.165, 1.54) is 18.2 Å². The molecular weight excluding hydrogens is 735 g/mol. The second kappa shape index (κ2) is 20.4. The van der Waals surface area contributed by atoms with Gasteiger partial charge in [-0.05, 0) is 54.5 Å². The van der Waals surface area contributed by atoms with Gasteiger partial charge in [0.2, 0.25) is 29.5 Å². The van der Waals surface area contributed by atoms with Gasteiger partial charge >= 0.3 is 6.18 Å². The summed E-state index contributed by atoms with van der Waals surface area (Å²) < 4.78 is 38.5. The Labute approximate surface area is 320 Å². The molecule has 3 atom stereocenters. The average molecular weight is 782 g/mol. The third kappa shape index (κ3) is 13.9. The number of hydrogen-bond donors (Lipinski definition) is 8. The van der Waals surface area contributed by atoms with Gasteiger partial charge in [0.25, 0.3) is 11.8 Å². The zero-order valence-corrected chi connectivity index (χ0v) is 30.5. The molecule has 4 rings (SSSR count). The number of anilines is 1. The summed E-state index contributed by atoms with van der Waals surface area (Å²) in [7, 11) is 0. The molecule has 1 aromatic heterocycles. The normalized spacial score (nSPS) is 14.9. The van der Waals surface area contributed by atoms with Crippen LogP contribution in [0.1, 0.15) is 78.7 Å². The molecule has 1 heterocycles. The van der Waals surface area contributed by atoms with E-state index >= 15 is 0 Å². The fourth-order valence-corrected chi connectivity index (χ4v) is 6.13. The molecular formula is C37H46F3N11O5. The lowest BCUT2D eigenvalue weighted by Crippen LogP contribution is -2.57. The third-order valence-corrected chi connectivity index (χ3v) is 9.04. The molecule has 5 amide bonds. The fourth-order valence-electron chi connectivity index (χ4n) is 6.13. The van der Waals surface area contributed by atoms with E-state index in [4.69, 9.17) is 17.2 Å². The van der Waals surface area contributed by atoms with Crippen LogP contribution in [0.15, 0.2) is 65.7 Å². The molecule has 0 spiro atoms. The number of nitrogens with two attached hydrogens (primary N) is 3. The minimum absolute atomic E-state index is 0.0771. The first-order chi connectivity index (χ1) is 26.7. The number of carbonyl (C=O) groups is 5. The van der Waals surface area contributed by atoms with Crippen LogP contribution >= 0.6 is 0 Å². The minimum Gasteiger partial charge on any atom is -0.370 e. The highest BCUT2D eigenvalue weighted by molar-refractivity contribution is 6.01. The van der Waals surface area contributed by atoms with Crippen LogP contribution in [0.5, 0.6) is 0 Å². The van der Waals surface area contributed by atoms with Crippen LogP contribution in [0.4, 0.5) is 19.1 Å². The van der Waals surface area contributed by atoms with Gasteiger partial charge < -0.3 is 33.2 Å². The second-order valence-corrected chi connectivity index (χ2v) is 13.4. The van der Waals surface area contributed by atoms with Crippen molar-refractivity contribution >= 4 is 47.5 Å². The van der Waals surface area contributed by atoms with Crippen molar-refractivity contribution < 1.29 is 37.1 Å². The third-order valence-electron chi connectivity index (χ3n) is 9.04. The maximum absolute atomic E-state index is 13.9. The molecule has 56 heavy (non-hydrogen) atoms. The number of rotatable bonds is 18. The molecule has 0 saturated heterocycles. The largest absolute Gasteiger partial charge is 0.416 e. The zero-order chi connectivity index (χ0) is 40.7. The Morgan fingerprint density at radius 3 is 2.18 bits per heavy atom. The van der Waals surface area contributed by atoms with Gasteiger partial charge in [-0.2, -0.15) is 18.2 Å². The predicted molar refractivity (Wildman–Crippen MR) is 201 cm³/mol. The molecule has 3 aromatic rings. The number of aliphatic imine (C=N–C) groups is 1. The minimum atomic E-state index is -4.50. The number of aromatic amines is 1. The lowest BCUT2D eigenvalue weighted by atomic mass is 9.84. The number of aromatic nitrogens is 3. The number of nitrogens with zero attached hydrogens (tertiary/aromatic N) is 3. The summed E-state index contributed by atoms with van der Waals surface area (Å²) >= 11 is 0. The van der Waals surface area contributed by atoms with Gasteiger partial charge in [0, 0.05) is 19.0 Å². The number of benzene rings is 2. The highest BCUT2D eigenvalue weighted by Crippen LogP contribution is 2.29. The maximum Gasteiger partial charge on any atom is 0.416 e. The van der Waals surface area contributed by atoms with Crippen LogP contribution in [-0.2, 0) is 31.8 Å². The number of halogens is 3. The summed E-state index contributed by atoms with van der Waals surface area (Å²) in [6.45, 7) is 0.155. The molecule has 0 radical (unpaired) electrons. The molecule has 16 nitrogen and oxygen atoms in total. The Kier molecular flexibility index (Phi) is 15.5. The van der Waals surface area contributed by atoms with E-state index in [1.807, 2.05) is 6.07 Å². The lowest BCUT2D eigenvalue weighted by Gasteiger charge is -2.28. The summed E-state index contributed by atoms with van der Waals surface area (Å²) in [4.78, 5) is 73.7. The Hall–Kier alpha value is -6.27. The van der Waals surface area contributed by atoms with Crippen molar-refractivity contribution in [3.63, 3.8) is 0 Å². The fraction of sp³-hybridized carbons (Fsp3) is 0.405. The second-order valence-electron chi connectivity index (χ2n) is 13.4. The van der Waals surface area contributed by atoms with Crippen molar-refractivity contribution in [1.29, 1.82) is 0 Å². The topological polar surface area (TPSA) is 265 Å². The van der Waals surface area contributed by atoms with Gasteiger partial charge in [0.1, 0.15) is 18.1 Å². The number of nitrogens with one attached hydrogen (secondary N) is 5. The van der Waals surface area contributed by atoms with E-state index in [0.29, 0.717) is 5.56 Å². The molecule has 11 N–H and O–H groups in total. The molecule has 1 aliphatic rings. The van der Waals surface area contributed by atoms with Crippen LogP contribution in [0.2, 0.25) is 0 Å². The smallest absolute Gasteiger partial charge is 0.370 e. The van der Waals surface area contributed by atoms with E-state index in [0.717, 1.165) is 55.9 Å². The lowest BCUT2D eigenvalue weighted by molar-refractivity contribution is -0.137. The molecule has 300 valence electrons. The highest BCUT2D eigenvalue weighted by Gasteiger charge is 2.32. The van der Waals surface area contributed by atoms with Gasteiger partial charge in [-0.15, -0.1) is 5.10 Å². The summed E-state index contributed by atoms with van der Waals surface area (Å²) in [5.74, 6) is -4.30. The molecule has 0 bridgehead atoms. The Balaban J connectivity index is 1.45. The quantitative estimate of drug-likeness (QED) is 0.0407. The Morgan fingerprint density at radius 2 is 1.54 bits per heavy atom. The highest BCUT2D eigenvalue weighted by atomic mass is 19.4. The van der Waals surface area contributed by atoms with Crippen molar-refractivity contribution in [1.82, 2.24) is 31.1 Å². The first kappa shape index (κ1) is 42.5. The number of carbonyl (C=O) groups excluding carboxylic acids is 5. The van der Waals surface area contributed by atoms with E-state index in [9.17, 15) is 37.1 Å². The number of hydrogen-bond acceptors (Lipinski definition) is 8. The average Bonchev–Trinajstić information content (AvgIpc) is 3.63. The zero-order valence-electron chi connectivity index (χ0n) is 30.5. The van der Waals surface area contributed by atoms with Crippen LogP contribution < -0.4 is 38.5 Å². The van der Waals surface area contributed by atoms with Crippen LogP contribution in [0.3, 0.4) is 0 Å².